The van der Waals surface area contributed by atoms with E-state index in [4.69, 9.17) is 9.84 Å². The highest BCUT2D eigenvalue weighted by Gasteiger charge is 2.14. The molecule has 1 rings (SSSR count). The van der Waals surface area contributed by atoms with Crippen LogP contribution in [0.5, 0.6) is 0 Å². The van der Waals surface area contributed by atoms with Gasteiger partial charge in [-0.25, -0.2) is 4.39 Å². The monoisotopic (exact) mass is 319 g/mol. The highest BCUT2D eigenvalue weighted by Crippen LogP contribution is 2.16. The van der Waals surface area contributed by atoms with E-state index >= 15 is 0 Å². The average molecular weight is 320 g/mol. The molecule has 0 bridgehead atoms. The highest BCUT2D eigenvalue weighted by atomic mass is 79.9. The van der Waals surface area contributed by atoms with Crippen molar-refractivity contribution in [1.29, 1.82) is 0 Å². The predicted molar refractivity (Wildman–Crippen MR) is 68.9 cm³/mol. The fourth-order valence-electron chi connectivity index (χ4n) is 1.38. The van der Waals surface area contributed by atoms with Gasteiger partial charge in [0.05, 0.1) is 17.1 Å². The molecule has 4 nitrogen and oxygen atoms in total. The Labute approximate surface area is 113 Å². The molecule has 0 radical (unpaired) electrons. The Balaban J connectivity index is 2.65. The smallest absolute Gasteiger partial charge is 0.251 e. The van der Waals surface area contributed by atoms with E-state index in [9.17, 15) is 9.18 Å². The molecule has 0 fully saturated rings. The molecule has 0 aromatic heterocycles. The van der Waals surface area contributed by atoms with Crippen LogP contribution in [-0.2, 0) is 4.74 Å². The van der Waals surface area contributed by atoms with Gasteiger partial charge in [-0.3, -0.25) is 4.79 Å². The Morgan fingerprint density at radius 3 is 2.89 bits per heavy atom. The highest BCUT2D eigenvalue weighted by molar-refractivity contribution is 9.10. The molecule has 1 atom stereocenters. The molecule has 100 valence electrons. The van der Waals surface area contributed by atoms with Crippen molar-refractivity contribution < 1.29 is 19.0 Å². The minimum atomic E-state index is -0.500. The summed E-state index contributed by atoms with van der Waals surface area (Å²) in [6, 6.07) is 3.72. The second kappa shape index (κ2) is 7.45. The summed E-state index contributed by atoms with van der Waals surface area (Å²) in [5.74, 6) is -0.920. The molecule has 2 N–H and O–H groups in total. The van der Waals surface area contributed by atoms with E-state index < -0.39 is 17.8 Å². The van der Waals surface area contributed by atoms with Gasteiger partial charge in [0, 0.05) is 19.3 Å². The summed E-state index contributed by atoms with van der Waals surface area (Å²) >= 11 is 3.01. The minimum absolute atomic E-state index is 0.186. The molecule has 6 heteroatoms. The van der Waals surface area contributed by atoms with Crippen LogP contribution >= 0.6 is 15.9 Å². The first-order chi connectivity index (χ1) is 8.58. The van der Waals surface area contributed by atoms with Crippen molar-refractivity contribution in [3.05, 3.63) is 34.1 Å². The maximum absolute atomic E-state index is 13.3. The van der Waals surface area contributed by atoms with Crippen LogP contribution in [0.25, 0.3) is 0 Å². The SMILES string of the molecule is COCCC(CO)NC(=O)c1ccc(Br)c(F)c1. The van der Waals surface area contributed by atoms with Crippen molar-refractivity contribution in [2.75, 3.05) is 20.3 Å². The van der Waals surface area contributed by atoms with Crippen LogP contribution in [0.1, 0.15) is 16.8 Å². The van der Waals surface area contributed by atoms with Crippen LogP contribution in [-0.4, -0.2) is 37.4 Å². The lowest BCUT2D eigenvalue weighted by molar-refractivity contribution is 0.0894. The van der Waals surface area contributed by atoms with E-state index in [2.05, 4.69) is 21.2 Å². The number of ether oxygens (including phenoxy) is 1. The molecule has 1 aromatic carbocycles. The molecule has 1 aromatic rings. The van der Waals surface area contributed by atoms with Crippen LogP contribution in [0.15, 0.2) is 22.7 Å². The Hall–Kier alpha value is -0.980. The second-order valence-electron chi connectivity index (χ2n) is 3.76. The number of rotatable bonds is 6. The Morgan fingerprint density at radius 1 is 1.61 bits per heavy atom. The number of methoxy groups -OCH3 is 1. The van der Waals surface area contributed by atoms with E-state index in [1.165, 1.54) is 12.1 Å². The van der Waals surface area contributed by atoms with E-state index in [-0.39, 0.29) is 12.2 Å². The molecule has 0 saturated heterocycles. The zero-order chi connectivity index (χ0) is 13.5. The number of carbonyl (C=O) groups excluding carboxylic acids is 1. The summed E-state index contributed by atoms with van der Waals surface area (Å²) in [6.07, 6.45) is 0.498. The number of amides is 1. The molecular formula is C12H15BrFNO3. The molecule has 1 unspecified atom stereocenters. The average Bonchev–Trinajstić information content (AvgIpc) is 2.37. The standard InChI is InChI=1S/C12H15BrFNO3/c1-18-5-4-9(7-16)15-12(17)8-2-3-10(13)11(14)6-8/h2-3,6,9,16H,4-5,7H2,1H3,(H,15,17). The number of hydrogen-bond donors (Lipinski definition) is 2. The van der Waals surface area contributed by atoms with Crippen LogP contribution in [0.4, 0.5) is 4.39 Å². The third-order valence-electron chi connectivity index (χ3n) is 2.41. The Kier molecular flexibility index (Phi) is 6.24. The lowest BCUT2D eigenvalue weighted by Crippen LogP contribution is -2.38. The first kappa shape index (κ1) is 15.1. The minimum Gasteiger partial charge on any atom is -0.394 e. The quantitative estimate of drug-likeness (QED) is 0.839. The van der Waals surface area contributed by atoms with E-state index in [0.717, 1.165) is 6.07 Å². The first-order valence-electron chi connectivity index (χ1n) is 5.44. The third kappa shape index (κ3) is 4.36. The fraction of sp³-hybridized carbons (Fsp3) is 0.417. The van der Waals surface area contributed by atoms with E-state index in [0.29, 0.717) is 17.5 Å². The molecule has 0 aliphatic carbocycles. The Morgan fingerprint density at radius 2 is 2.33 bits per heavy atom. The van der Waals surface area contributed by atoms with Crippen LogP contribution in [0, 0.1) is 5.82 Å². The van der Waals surface area contributed by atoms with Gasteiger partial charge in [-0.15, -0.1) is 0 Å². The summed E-state index contributed by atoms with van der Waals surface area (Å²) in [5.41, 5.74) is 0.214. The largest absolute Gasteiger partial charge is 0.394 e. The van der Waals surface area contributed by atoms with Gasteiger partial charge in [0.15, 0.2) is 0 Å². The molecule has 0 saturated carbocycles. The summed E-state index contributed by atoms with van der Waals surface area (Å²) in [6.45, 7) is 0.244. The molecule has 18 heavy (non-hydrogen) atoms. The van der Waals surface area contributed by atoms with E-state index in [1.807, 2.05) is 0 Å². The summed E-state index contributed by atoms with van der Waals surface area (Å²) in [7, 11) is 1.54. The zero-order valence-electron chi connectivity index (χ0n) is 9.95. The van der Waals surface area contributed by atoms with Gasteiger partial charge in [-0.05, 0) is 40.5 Å². The van der Waals surface area contributed by atoms with Gasteiger partial charge >= 0.3 is 0 Å². The van der Waals surface area contributed by atoms with Gasteiger partial charge in [-0.1, -0.05) is 0 Å². The van der Waals surface area contributed by atoms with Crippen LogP contribution in [0.2, 0.25) is 0 Å². The second-order valence-corrected chi connectivity index (χ2v) is 4.62. The van der Waals surface area contributed by atoms with E-state index in [1.54, 1.807) is 7.11 Å². The lowest BCUT2D eigenvalue weighted by Gasteiger charge is -2.15. The molecule has 0 aliphatic heterocycles. The van der Waals surface area contributed by atoms with Crippen molar-refractivity contribution in [3.8, 4) is 0 Å². The van der Waals surface area contributed by atoms with Crippen molar-refractivity contribution in [1.82, 2.24) is 5.32 Å². The molecule has 0 spiro atoms. The van der Waals surface area contributed by atoms with Crippen LogP contribution < -0.4 is 5.32 Å². The number of nitrogens with one attached hydrogen (secondary N) is 1. The molecule has 0 heterocycles. The molecular weight excluding hydrogens is 305 g/mol. The van der Waals surface area contributed by atoms with Crippen LogP contribution in [0.3, 0.4) is 0 Å². The summed E-state index contributed by atoms with van der Waals surface area (Å²) in [4.78, 5) is 11.8. The van der Waals surface area contributed by atoms with Crippen molar-refractivity contribution in [3.63, 3.8) is 0 Å². The third-order valence-corrected chi connectivity index (χ3v) is 3.05. The summed E-state index contributed by atoms with van der Waals surface area (Å²) in [5, 5.41) is 11.7. The van der Waals surface area contributed by atoms with Crippen molar-refractivity contribution in [2.24, 2.45) is 0 Å². The number of halogens is 2. The molecule has 1 amide bonds. The number of aliphatic hydroxyl groups excluding tert-OH is 1. The number of aliphatic hydroxyl groups is 1. The fourth-order valence-corrected chi connectivity index (χ4v) is 1.62. The van der Waals surface area contributed by atoms with Gasteiger partial charge < -0.3 is 15.2 Å². The van der Waals surface area contributed by atoms with Gasteiger partial charge in [0.1, 0.15) is 5.82 Å². The van der Waals surface area contributed by atoms with Crippen molar-refractivity contribution >= 4 is 21.8 Å². The predicted octanol–water partition coefficient (Wildman–Crippen LogP) is 1.72. The number of hydrogen-bond acceptors (Lipinski definition) is 3. The summed E-state index contributed by atoms with van der Waals surface area (Å²) < 4.78 is 18.4. The normalized spacial score (nSPS) is 12.2. The van der Waals surface area contributed by atoms with Gasteiger partial charge in [-0.2, -0.15) is 0 Å². The van der Waals surface area contributed by atoms with Crippen molar-refractivity contribution in [2.45, 2.75) is 12.5 Å². The molecule has 0 aliphatic rings. The van der Waals surface area contributed by atoms with Gasteiger partial charge in [0.2, 0.25) is 0 Å². The first-order valence-corrected chi connectivity index (χ1v) is 6.23. The van der Waals surface area contributed by atoms with Gasteiger partial charge in [0.25, 0.3) is 5.91 Å². The maximum Gasteiger partial charge on any atom is 0.251 e. The maximum atomic E-state index is 13.3. The number of carbonyl (C=O) groups is 1. The topological polar surface area (TPSA) is 58.6 Å². The zero-order valence-corrected chi connectivity index (χ0v) is 11.5. The lowest BCUT2D eigenvalue weighted by atomic mass is 10.1. The Bertz CT molecular complexity index is 414. The number of benzene rings is 1.